The third-order valence-electron chi connectivity index (χ3n) is 3.41. The van der Waals surface area contributed by atoms with Crippen LogP contribution in [-0.2, 0) is 0 Å². The first-order valence-electron chi connectivity index (χ1n) is 6.11. The predicted molar refractivity (Wildman–Crippen MR) is 63.4 cm³/mol. The van der Waals surface area contributed by atoms with Crippen molar-refractivity contribution < 1.29 is 0 Å². The Bertz CT molecular complexity index is 375. The number of aryl methyl sites for hydroxylation is 1. The summed E-state index contributed by atoms with van der Waals surface area (Å²) in [5, 5.41) is 3.43. The highest BCUT2D eigenvalue weighted by Crippen LogP contribution is 2.30. The highest BCUT2D eigenvalue weighted by Gasteiger charge is 2.34. The summed E-state index contributed by atoms with van der Waals surface area (Å²) in [7, 11) is 0. The van der Waals surface area contributed by atoms with Crippen molar-refractivity contribution in [3.05, 3.63) is 18.0 Å². The molecule has 0 aromatic carbocycles. The van der Waals surface area contributed by atoms with Crippen molar-refractivity contribution in [3.8, 4) is 0 Å². The van der Waals surface area contributed by atoms with E-state index in [1.807, 2.05) is 19.2 Å². The first-order chi connectivity index (χ1) is 7.81. The molecule has 16 heavy (non-hydrogen) atoms. The van der Waals surface area contributed by atoms with Crippen LogP contribution in [0.5, 0.6) is 0 Å². The van der Waals surface area contributed by atoms with E-state index in [1.54, 1.807) is 0 Å². The number of hydrogen-bond acceptors (Lipinski definition) is 4. The summed E-state index contributed by atoms with van der Waals surface area (Å²) in [6, 6.07) is 3.34. The Morgan fingerprint density at radius 2 is 2.25 bits per heavy atom. The largest absolute Gasteiger partial charge is 0.350 e. The van der Waals surface area contributed by atoms with Crippen molar-refractivity contribution in [2.24, 2.45) is 0 Å². The molecule has 2 fully saturated rings. The van der Waals surface area contributed by atoms with E-state index in [0.29, 0.717) is 6.04 Å². The molecular formula is C12H18N4. The fraction of sp³-hybridized carbons (Fsp3) is 0.667. The van der Waals surface area contributed by atoms with Gasteiger partial charge in [-0.1, -0.05) is 0 Å². The van der Waals surface area contributed by atoms with Gasteiger partial charge in [-0.05, 0) is 32.3 Å². The lowest BCUT2D eigenvalue weighted by atomic mass is 10.3. The number of likely N-dealkylation sites (tertiary alicyclic amines) is 1. The molecule has 1 atom stereocenters. The van der Waals surface area contributed by atoms with Gasteiger partial charge in [-0.3, -0.25) is 4.90 Å². The van der Waals surface area contributed by atoms with E-state index >= 15 is 0 Å². The van der Waals surface area contributed by atoms with Gasteiger partial charge in [0, 0.05) is 37.1 Å². The number of nitrogens with zero attached hydrogens (tertiary/aromatic N) is 3. The molecule has 0 spiro atoms. The highest BCUT2D eigenvalue weighted by molar-refractivity contribution is 5.27. The van der Waals surface area contributed by atoms with Gasteiger partial charge in [0.1, 0.15) is 0 Å². The first kappa shape index (κ1) is 10.0. The lowest BCUT2D eigenvalue weighted by Gasteiger charge is -2.15. The van der Waals surface area contributed by atoms with Crippen LogP contribution in [0.3, 0.4) is 0 Å². The minimum absolute atomic E-state index is 0.530. The fourth-order valence-electron chi connectivity index (χ4n) is 2.38. The zero-order valence-corrected chi connectivity index (χ0v) is 9.69. The molecular weight excluding hydrogens is 200 g/mol. The van der Waals surface area contributed by atoms with Gasteiger partial charge < -0.3 is 5.32 Å². The van der Waals surface area contributed by atoms with E-state index < -0.39 is 0 Å². The molecule has 1 aromatic heterocycles. The van der Waals surface area contributed by atoms with Crippen molar-refractivity contribution >= 4 is 5.95 Å². The van der Waals surface area contributed by atoms with E-state index in [4.69, 9.17) is 0 Å². The Morgan fingerprint density at radius 3 is 3.00 bits per heavy atom. The average Bonchev–Trinajstić information content (AvgIpc) is 3.01. The van der Waals surface area contributed by atoms with Crippen molar-refractivity contribution in [2.45, 2.75) is 38.3 Å². The van der Waals surface area contributed by atoms with Crippen molar-refractivity contribution in [1.82, 2.24) is 14.9 Å². The van der Waals surface area contributed by atoms with Crippen LogP contribution in [0.15, 0.2) is 12.3 Å². The van der Waals surface area contributed by atoms with Gasteiger partial charge >= 0.3 is 0 Å². The van der Waals surface area contributed by atoms with Crippen molar-refractivity contribution in [1.29, 1.82) is 0 Å². The standard InChI is InChI=1S/C12H18N4/c1-9-4-6-13-12(14-9)15-10-5-7-16(8-10)11-2-3-11/h4,6,10-11H,2-3,5,7-8H2,1H3,(H,13,14,15). The normalized spacial score (nSPS) is 25.9. The maximum atomic E-state index is 4.38. The molecule has 4 nitrogen and oxygen atoms in total. The molecule has 0 radical (unpaired) electrons. The van der Waals surface area contributed by atoms with Crippen molar-refractivity contribution in [2.75, 3.05) is 18.4 Å². The molecule has 3 rings (SSSR count). The van der Waals surface area contributed by atoms with Gasteiger partial charge in [-0.15, -0.1) is 0 Å². The summed E-state index contributed by atoms with van der Waals surface area (Å²) in [5.41, 5.74) is 1.02. The van der Waals surface area contributed by atoms with Crippen LogP contribution in [-0.4, -0.2) is 40.0 Å². The van der Waals surface area contributed by atoms with E-state index in [2.05, 4.69) is 20.2 Å². The minimum atomic E-state index is 0.530. The van der Waals surface area contributed by atoms with Crippen LogP contribution in [0.1, 0.15) is 25.0 Å². The van der Waals surface area contributed by atoms with Crippen LogP contribution in [0.25, 0.3) is 0 Å². The Labute approximate surface area is 96.1 Å². The van der Waals surface area contributed by atoms with E-state index in [9.17, 15) is 0 Å². The second-order valence-corrected chi connectivity index (χ2v) is 4.88. The Kier molecular flexibility index (Phi) is 2.52. The van der Waals surface area contributed by atoms with Crippen LogP contribution in [0.4, 0.5) is 5.95 Å². The van der Waals surface area contributed by atoms with Crippen LogP contribution in [0.2, 0.25) is 0 Å². The Morgan fingerprint density at radius 1 is 1.38 bits per heavy atom. The van der Waals surface area contributed by atoms with Gasteiger partial charge in [-0.2, -0.15) is 0 Å². The minimum Gasteiger partial charge on any atom is -0.350 e. The molecule has 2 aliphatic rings. The Balaban J connectivity index is 1.59. The molecule has 1 aliphatic heterocycles. The molecule has 0 bridgehead atoms. The topological polar surface area (TPSA) is 41.1 Å². The van der Waals surface area contributed by atoms with E-state index in [1.165, 1.54) is 25.8 Å². The molecule has 1 aliphatic carbocycles. The number of aromatic nitrogens is 2. The van der Waals surface area contributed by atoms with Gasteiger partial charge in [0.15, 0.2) is 0 Å². The predicted octanol–water partition coefficient (Wildman–Crippen LogP) is 1.43. The number of hydrogen-bond donors (Lipinski definition) is 1. The zero-order valence-electron chi connectivity index (χ0n) is 9.69. The summed E-state index contributed by atoms with van der Waals surface area (Å²) in [5.74, 6) is 0.780. The average molecular weight is 218 g/mol. The summed E-state index contributed by atoms with van der Waals surface area (Å²) in [6.07, 6.45) is 5.83. The molecule has 1 saturated heterocycles. The first-order valence-corrected chi connectivity index (χ1v) is 6.11. The Hall–Kier alpha value is -1.16. The molecule has 1 unspecified atom stereocenters. The summed E-state index contributed by atoms with van der Waals surface area (Å²) < 4.78 is 0. The lowest BCUT2D eigenvalue weighted by Crippen LogP contribution is -2.28. The second-order valence-electron chi connectivity index (χ2n) is 4.88. The summed E-state index contributed by atoms with van der Waals surface area (Å²) in [4.78, 5) is 11.2. The maximum absolute atomic E-state index is 4.38. The molecule has 86 valence electrons. The van der Waals surface area contributed by atoms with E-state index in [-0.39, 0.29) is 0 Å². The molecule has 4 heteroatoms. The molecule has 2 heterocycles. The van der Waals surface area contributed by atoms with Gasteiger partial charge in [-0.25, -0.2) is 9.97 Å². The smallest absolute Gasteiger partial charge is 0.223 e. The van der Waals surface area contributed by atoms with E-state index in [0.717, 1.165) is 24.2 Å². The summed E-state index contributed by atoms with van der Waals surface area (Å²) in [6.45, 7) is 4.38. The van der Waals surface area contributed by atoms with Gasteiger partial charge in [0.2, 0.25) is 5.95 Å². The van der Waals surface area contributed by atoms with Crippen molar-refractivity contribution in [3.63, 3.8) is 0 Å². The quantitative estimate of drug-likeness (QED) is 0.833. The van der Waals surface area contributed by atoms with Crippen LogP contribution < -0.4 is 5.32 Å². The molecule has 1 saturated carbocycles. The third-order valence-corrected chi connectivity index (χ3v) is 3.41. The highest BCUT2D eigenvalue weighted by atomic mass is 15.2. The second kappa shape index (κ2) is 4.01. The maximum Gasteiger partial charge on any atom is 0.223 e. The van der Waals surface area contributed by atoms with Gasteiger partial charge in [0.25, 0.3) is 0 Å². The summed E-state index contributed by atoms with van der Waals surface area (Å²) >= 11 is 0. The fourth-order valence-corrected chi connectivity index (χ4v) is 2.38. The number of nitrogens with one attached hydrogen (secondary N) is 1. The van der Waals surface area contributed by atoms with Gasteiger partial charge in [0.05, 0.1) is 0 Å². The molecule has 0 amide bonds. The third kappa shape index (κ3) is 2.16. The monoisotopic (exact) mass is 218 g/mol. The molecule has 1 N–H and O–H groups in total. The molecule has 1 aromatic rings. The van der Waals surface area contributed by atoms with Crippen LogP contribution in [0, 0.1) is 6.92 Å². The lowest BCUT2D eigenvalue weighted by molar-refractivity contribution is 0.326. The number of anilines is 1. The SMILES string of the molecule is Cc1ccnc(NC2CCN(C3CC3)C2)n1. The number of rotatable bonds is 3. The zero-order chi connectivity index (χ0) is 11.0. The van der Waals surface area contributed by atoms with Crippen LogP contribution >= 0.6 is 0 Å².